The molecule has 0 bridgehead atoms. The number of aliphatic carboxylic acids is 1. The molecule has 7 nitrogen and oxygen atoms in total. The van der Waals surface area contributed by atoms with Crippen LogP contribution in [0.1, 0.15) is 47.9 Å². The molecule has 4 rings (SSSR count). The number of hydrogen-bond donors (Lipinski definition) is 2. The number of alkyl halides is 3. The van der Waals surface area contributed by atoms with E-state index in [0.29, 0.717) is 28.4 Å². The summed E-state index contributed by atoms with van der Waals surface area (Å²) in [5.41, 5.74) is 4.28. The number of aromatic nitrogens is 2. The smallest absolute Gasteiger partial charge is 0.481 e. The number of carboxylic acid groups (broad SMARTS) is 1. The number of ether oxygens (including phenoxy) is 1. The predicted octanol–water partition coefficient (Wildman–Crippen LogP) is 6.75. The summed E-state index contributed by atoms with van der Waals surface area (Å²) in [6.45, 7) is 2.34. The third kappa shape index (κ3) is 7.63. The molecule has 210 valence electrons. The van der Waals surface area contributed by atoms with Crippen LogP contribution in [0.3, 0.4) is 0 Å². The van der Waals surface area contributed by atoms with E-state index in [1.165, 1.54) is 24.3 Å². The van der Waals surface area contributed by atoms with Crippen molar-refractivity contribution in [3.63, 3.8) is 0 Å². The zero-order chi connectivity index (χ0) is 28.9. The minimum absolute atomic E-state index is 0. The van der Waals surface area contributed by atoms with E-state index in [0.717, 1.165) is 16.8 Å². The Morgan fingerprint density at radius 1 is 1.05 bits per heavy atom. The van der Waals surface area contributed by atoms with Gasteiger partial charge in [-0.25, -0.2) is 0 Å². The number of nitrogens with zero attached hydrogens (tertiary/aromatic N) is 2. The van der Waals surface area contributed by atoms with E-state index in [1.807, 2.05) is 25.1 Å². The van der Waals surface area contributed by atoms with Crippen molar-refractivity contribution in [2.24, 2.45) is 0 Å². The predicted molar refractivity (Wildman–Crippen MR) is 146 cm³/mol. The number of carboxylic acids is 1. The molecule has 4 aromatic rings. The Balaban J connectivity index is 0.00000462. The maximum absolute atomic E-state index is 12.6. The van der Waals surface area contributed by atoms with E-state index in [9.17, 15) is 22.8 Å². The van der Waals surface area contributed by atoms with Gasteiger partial charge in [0, 0.05) is 30.0 Å². The van der Waals surface area contributed by atoms with Crippen LogP contribution in [0.15, 0.2) is 78.9 Å². The Morgan fingerprint density at radius 3 is 2.30 bits per heavy atom. The Kier molecular flexibility index (Phi) is 8.79. The lowest BCUT2D eigenvalue weighted by Crippen LogP contribution is -2.25. The number of amides is 1. The van der Waals surface area contributed by atoms with Crippen LogP contribution < -0.4 is 10.1 Å². The zero-order valence-electron chi connectivity index (χ0n) is 21.3. The Morgan fingerprint density at radius 2 is 1.70 bits per heavy atom. The summed E-state index contributed by atoms with van der Waals surface area (Å²) in [5, 5.41) is 16.7. The summed E-state index contributed by atoms with van der Waals surface area (Å²) in [7, 11) is 0. The second-order valence-electron chi connectivity index (χ2n) is 9.05. The molecule has 0 aliphatic rings. The molecule has 1 heterocycles. The first-order valence-electron chi connectivity index (χ1n) is 12.3. The molecule has 1 unspecified atom stereocenters. The molecule has 2 N–H and O–H groups in total. The third-order valence-electron chi connectivity index (χ3n) is 6.17. The van der Waals surface area contributed by atoms with Crippen molar-refractivity contribution in [3.8, 4) is 17.0 Å². The highest BCUT2D eigenvalue weighted by Gasteiger charge is 2.31. The number of benzene rings is 3. The highest BCUT2D eigenvalue weighted by atomic mass is 35.5. The van der Waals surface area contributed by atoms with Gasteiger partial charge >= 0.3 is 12.3 Å². The van der Waals surface area contributed by atoms with Crippen LogP contribution in [0.2, 0.25) is 5.02 Å². The second-order valence-corrected chi connectivity index (χ2v) is 9.49. The Labute approximate surface area is 234 Å². The lowest BCUT2D eigenvalue weighted by Gasteiger charge is -2.11. The van der Waals surface area contributed by atoms with E-state index in [-0.39, 0.29) is 32.0 Å². The van der Waals surface area contributed by atoms with Crippen LogP contribution >= 0.6 is 11.6 Å². The maximum atomic E-state index is 12.6. The minimum Gasteiger partial charge on any atom is -0.481 e. The quantitative estimate of drug-likeness (QED) is 0.219. The number of hydrogen-bond acceptors (Lipinski definition) is 4. The molecule has 40 heavy (non-hydrogen) atoms. The fraction of sp³-hybridized carbons (Fsp3) is 0.207. The first kappa shape index (κ1) is 28.7. The molecule has 0 aliphatic carbocycles. The number of carbonyl (C=O) groups excluding carboxylic acids is 1. The molecule has 1 aromatic heterocycles. The third-order valence-corrected chi connectivity index (χ3v) is 6.42. The van der Waals surface area contributed by atoms with E-state index < -0.39 is 12.3 Å². The first-order chi connectivity index (χ1) is 19.0. The van der Waals surface area contributed by atoms with Crippen LogP contribution in [-0.2, 0) is 11.3 Å². The van der Waals surface area contributed by atoms with Gasteiger partial charge in [-0.15, -0.1) is 13.2 Å². The monoisotopic (exact) mass is 573 g/mol. The fourth-order valence-corrected chi connectivity index (χ4v) is 4.20. The molecule has 0 spiro atoms. The number of carbonyl (C=O) groups is 2. The molecule has 0 radical (unpaired) electrons. The zero-order valence-corrected chi connectivity index (χ0v) is 22.0. The van der Waals surface area contributed by atoms with Crippen LogP contribution in [0.5, 0.6) is 5.75 Å². The summed E-state index contributed by atoms with van der Waals surface area (Å²) in [6.07, 6.45) is -4.96. The first-order valence-corrected chi connectivity index (χ1v) is 12.6. The summed E-state index contributed by atoms with van der Waals surface area (Å²) in [6, 6.07) is 21.7. The van der Waals surface area contributed by atoms with Gasteiger partial charge in [-0.1, -0.05) is 42.8 Å². The standard InChI is InChI=1S/C29H25ClF3N3O4.H2/c1-18(20-6-10-23(30)11-7-20)25-16-26(21-8-12-24(13-9-21)40-29(31,32)33)36(35-25)17-19-2-4-22(5-3-19)28(39)34-15-14-27(37)38;/h2-13,16,18H,14-15,17H2,1H3,(H,34,39)(H,37,38);1H. The van der Waals surface area contributed by atoms with Crippen LogP contribution in [0.25, 0.3) is 11.3 Å². The average Bonchev–Trinajstić information content (AvgIpc) is 3.32. The lowest BCUT2D eigenvalue weighted by molar-refractivity contribution is -0.274. The van der Waals surface area contributed by atoms with E-state index in [1.54, 1.807) is 41.1 Å². The molecule has 0 saturated heterocycles. The van der Waals surface area contributed by atoms with Crippen LogP contribution in [-0.4, -0.2) is 39.7 Å². The molecule has 0 fully saturated rings. The molecule has 3 aromatic carbocycles. The average molecular weight is 574 g/mol. The number of halogens is 4. The van der Waals surface area contributed by atoms with Crippen molar-refractivity contribution in [2.75, 3.05) is 6.54 Å². The van der Waals surface area contributed by atoms with Crippen molar-refractivity contribution >= 4 is 23.5 Å². The SMILES string of the molecule is CC(c1ccc(Cl)cc1)c1cc(-c2ccc(OC(F)(F)F)cc2)n(Cc2ccc(C(=O)NCCC(=O)O)cc2)n1.[HH]. The highest BCUT2D eigenvalue weighted by Crippen LogP contribution is 2.31. The minimum atomic E-state index is -4.79. The molecule has 1 amide bonds. The molecule has 11 heteroatoms. The molecule has 0 saturated carbocycles. The summed E-state index contributed by atoms with van der Waals surface area (Å²) in [5.74, 6) is -1.80. The van der Waals surface area contributed by atoms with Crippen LogP contribution in [0.4, 0.5) is 13.2 Å². The number of nitrogens with one attached hydrogen (secondary N) is 1. The fourth-order valence-electron chi connectivity index (χ4n) is 4.07. The van der Waals surface area contributed by atoms with Gasteiger partial charge < -0.3 is 15.2 Å². The van der Waals surface area contributed by atoms with Crippen molar-refractivity contribution in [1.29, 1.82) is 0 Å². The Bertz CT molecular complexity index is 1480. The second kappa shape index (κ2) is 12.3. The normalized spacial score (nSPS) is 12.1. The summed E-state index contributed by atoms with van der Waals surface area (Å²) < 4.78 is 43.6. The van der Waals surface area contributed by atoms with Gasteiger partial charge in [0.2, 0.25) is 0 Å². The summed E-state index contributed by atoms with van der Waals surface area (Å²) >= 11 is 6.03. The number of rotatable bonds is 10. The Hall–Kier alpha value is -4.31. The highest BCUT2D eigenvalue weighted by molar-refractivity contribution is 6.30. The van der Waals surface area contributed by atoms with Gasteiger partial charge in [-0.3, -0.25) is 14.3 Å². The molecular weight excluding hydrogens is 547 g/mol. The summed E-state index contributed by atoms with van der Waals surface area (Å²) in [4.78, 5) is 22.9. The molecule has 1 atom stereocenters. The van der Waals surface area contributed by atoms with Gasteiger partial charge in [-0.05, 0) is 65.7 Å². The van der Waals surface area contributed by atoms with Gasteiger partial charge in [0.1, 0.15) is 5.75 Å². The van der Waals surface area contributed by atoms with E-state index in [4.69, 9.17) is 21.8 Å². The molecule has 0 aliphatic heterocycles. The van der Waals surface area contributed by atoms with Crippen molar-refractivity contribution < 1.29 is 34.0 Å². The van der Waals surface area contributed by atoms with Crippen LogP contribution in [0, 0.1) is 0 Å². The largest absolute Gasteiger partial charge is 0.573 e. The van der Waals surface area contributed by atoms with Gasteiger partial charge in [0.05, 0.1) is 24.4 Å². The van der Waals surface area contributed by atoms with Gasteiger partial charge in [0.25, 0.3) is 5.91 Å². The topological polar surface area (TPSA) is 93.5 Å². The van der Waals surface area contributed by atoms with Crippen molar-refractivity contribution in [1.82, 2.24) is 15.1 Å². The molecular formula is C29H27ClF3N3O4. The van der Waals surface area contributed by atoms with Gasteiger partial charge in [0.15, 0.2) is 0 Å². The van der Waals surface area contributed by atoms with Crippen molar-refractivity contribution in [3.05, 3.63) is 106 Å². The van der Waals surface area contributed by atoms with E-state index >= 15 is 0 Å². The lowest BCUT2D eigenvalue weighted by atomic mass is 9.97. The van der Waals surface area contributed by atoms with Crippen molar-refractivity contribution in [2.45, 2.75) is 32.2 Å². The maximum Gasteiger partial charge on any atom is 0.573 e. The van der Waals surface area contributed by atoms with E-state index in [2.05, 4.69) is 10.1 Å². The van der Waals surface area contributed by atoms with Gasteiger partial charge in [-0.2, -0.15) is 5.10 Å².